The lowest BCUT2D eigenvalue weighted by Crippen LogP contribution is -2.48. The summed E-state index contributed by atoms with van der Waals surface area (Å²) in [6.45, 7) is 12.4. The molecular weight excluding hydrogens is 450 g/mol. The number of ether oxygens (including phenoxy) is 1. The second kappa shape index (κ2) is 9.56. The summed E-state index contributed by atoms with van der Waals surface area (Å²) < 4.78 is 10.7. The molecule has 3 aromatic heterocycles. The Bertz CT molecular complexity index is 1090. The van der Waals surface area contributed by atoms with E-state index in [0.29, 0.717) is 24.4 Å². The van der Waals surface area contributed by atoms with Crippen molar-refractivity contribution in [1.29, 1.82) is 0 Å². The van der Waals surface area contributed by atoms with E-state index in [1.54, 1.807) is 18.3 Å². The third-order valence-electron chi connectivity index (χ3n) is 5.14. The number of hydrogen-bond acceptors (Lipinski definition) is 8. The molecule has 8 nitrogen and oxygen atoms in total. The molecule has 0 spiro atoms. The lowest BCUT2D eigenvalue weighted by Gasteiger charge is -2.38. The molecule has 1 saturated heterocycles. The summed E-state index contributed by atoms with van der Waals surface area (Å²) in [4.78, 5) is 25.3. The van der Waals surface area contributed by atoms with Gasteiger partial charge in [-0.15, -0.1) is 12.4 Å². The molecular formula is C22H28ClN5O3S. The first kappa shape index (κ1) is 24.2. The number of thiazole rings is 1. The van der Waals surface area contributed by atoms with E-state index in [1.165, 1.54) is 6.26 Å². The largest absolute Gasteiger partial charge is 0.372 e. The number of carbonyl (C=O) groups excluding carboxylic acids is 1. The summed E-state index contributed by atoms with van der Waals surface area (Å²) in [5.41, 5.74) is 4.56. The predicted octanol–water partition coefficient (Wildman–Crippen LogP) is 4.09. The summed E-state index contributed by atoms with van der Waals surface area (Å²) in [5, 5.41) is 7.68. The minimum atomic E-state index is -0.228. The molecule has 0 saturated carbocycles. The van der Waals surface area contributed by atoms with Crippen molar-refractivity contribution in [2.24, 2.45) is 0 Å². The summed E-state index contributed by atoms with van der Waals surface area (Å²) in [6, 6.07) is 4.12. The van der Waals surface area contributed by atoms with Crippen LogP contribution >= 0.6 is 23.7 Å². The first-order chi connectivity index (χ1) is 14.7. The van der Waals surface area contributed by atoms with E-state index in [-0.39, 0.29) is 23.9 Å². The summed E-state index contributed by atoms with van der Waals surface area (Å²) in [7, 11) is 0. The number of rotatable bonds is 5. The lowest BCUT2D eigenvalue weighted by molar-refractivity contribution is -0.0277. The Morgan fingerprint density at radius 2 is 1.94 bits per heavy atom. The number of aromatic nitrogens is 3. The van der Waals surface area contributed by atoms with Gasteiger partial charge in [-0.2, -0.15) is 0 Å². The van der Waals surface area contributed by atoms with Gasteiger partial charge in [0.15, 0.2) is 5.13 Å². The van der Waals surface area contributed by atoms with Gasteiger partial charge in [0, 0.05) is 24.5 Å². The van der Waals surface area contributed by atoms with Crippen molar-refractivity contribution >= 4 is 34.8 Å². The van der Waals surface area contributed by atoms with Crippen LogP contribution in [0.15, 0.2) is 22.9 Å². The number of hydrogen-bond donors (Lipinski definition) is 1. The van der Waals surface area contributed by atoms with Crippen molar-refractivity contribution in [3.05, 3.63) is 46.7 Å². The normalized spacial score (nSPS) is 15.3. The molecule has 0 radical (unpaired) electrons. The van der Waals surface area contributed by atoms with Crippen molar-refractivity contribution in [3.63, 3.8) is 0 Å². The molecule has 4 heterocycles. The van der Waals surface area contributed by atoms with E-state index >= 15 is 0 Å². The zero-order chi connectivity index (χ0) is 22.2. The number of anilines is 1. The molecule has 1 aliphatic rings. The van der Waals surface area contributed by atoms with Crippen LogP contribution in [0.1, 0.15) is 47.0 Å². The van der Waals surface area contributed by atoms with Gasteiger partial charge in [0.05, 0.1) is 35.0 Å². The fraction of sp³-hybridized carbons (Fsp3) is 0.455. The lowest BCUT2D eigenvalue weighted by atomic mass is 10.1. The van der Waals surface area contributed by atoms with Gasteiger partial charge >= 0.3 is 0 Å². The number of morpholine rings is 1. The first-order valence-corrected chi connectivity index (χ1v) is 11.1. The number of aryl methyl sites for hydroxylation is 3. The standard InChI is InChI=1S/C22H27N5O3S.ClH/c1-13-8-16(9-14(2)24-13)19-18(10-23-20(28)17-11-30-26-15(17)3)25-21(31-19)27-6-7-29-22(4,5)12-27;/h8-9,11H,6-7,10,12H2,1-5H3,(H,23,28);1H. The number of pyridine rings is 1. The maximum atomic E-state index is 12.6. The monoisotopic (exact) mass is 477 g/mol. The van der Waals surface area contributed by atoms with Crippen LogP contribution in [-0.2, 0) is 11.3 Å². The van der Waals surface area contributed by atoms with Crippen molar-refractivity contribution in [3.8, 4) is 10.4 Å². The Morgan fingerprint density at radius 1 is 1.22 bits per heavy atom. The highest BCUT2D eigenvalue weighted by atomic mass is 35.5. The molecule has 3 aromatic rings. The smallest absolute Gasteiger partial charge is 0.256 e. The average molecular weight is 478 g/mol. The summed E-state index contributed by atoms with van der Waals surface area (Å²) in [5.74, 6) is -0.228. The number of amides is 1. The predicted molar refractivity (Wildman–Crippen MR) is 127 cm³/mol. The highest BCUT2D eigenvalue weighted by molar-refractivity contribution is 7.19. The van der Waals surface area contributed by atoms with Crippen molar-refractivity contribution in [1.82, 2.24) is 20.4 Å². The number of nitrogens with one attached hydrogen (secondary N) is 1. The van der Waals surface area contributed by atoms with Crippen molar-refractivity contribution in [2.45, 2.75) is 46.8 Å². The van der Waals surface area contributed by atoms with Crippen LogP contribution in [0.5, 0.6) is 0 Å². The third kappa shape index (κ3) is 5.28. The molecule has 0 aromatic carbocycles. The molecule has 1 N–H and O–H groups in total. The Morgan fingerprint density at radius 3 is 2.56 bits per heavy atom. The van der Waals surface area contributed by atoms with Crippen LogP contribution in [0.3, 0.4) is 0 Å². The Labute approximate surface area is 197 Å². The molecule has 172 valence electrons. The van der Waals surface area contributed by atoms with E-state index in [4.69, 9.17) is 14.2 Å². The first-order valence-electron chi connectivity index (χ1n) is 10.3. The number of carbonyl (C=O) groups is 1. The zero-order valence-electron chi connectivity index (χ0n) is 18.9. The van der Waals surface area contributed by atoms with E-state index in [2.05, 4.69) is 46.3 Å². The molecule has 0 aliphatic carbocycles. The minimum absolute atomic E-state index is 0. The van der Waals surface area contributed by atoms with Gasteiger partial charge in [0.2, 0.25) is 0 Å². The highest BCUT2D eigenvalue weighted by Crippen LogP contribution is 2.37. The topological polar surface area (TPSA) is 93.4 Å². The summed E-state index contributed by atoms with van der Waals surface area (Å²) in [6.07, 6.45) is 1.36. The molecule has 4 rings (SSSR count). The Kier molecular flexibility index (Phi) is 7.22. The second-order valence-corrected chi connectivity index (χ2v) is 9.41. The van der Waals surface area contributed by atoms with Gasteiger partial charge in [0.1, 0.15) is 11.8 Å². The van der Waals surface area contributed by atoms with Crippen LogP contribution in [0.2, 0.25) is 0 Å². The molecule has 32 heavy (non-hydrogen) atoms. The molecule has 0 atom stereocenters. The second-order valence-electron chi connectivity index (χ2n) is 8.44. The maximum absolute atomic E-state index is 12.6. The van der Waals surface area contributed by atoms with Crippen LogP contribution < -0.4 is 10.2 Å². The van der Waals surface area contributed by atoms with E-state index < -0.39 is 0 Å². The average Bonchev–Trinajstić information content (AvgIpc) is 3.31. The molecule has 1 aliphatic heterocycles. The Balaban J connectivity index is 0.00000289. The molecule has 0 bridgehead atoms. The Hall–Kier alpha value is -2.49. The quantitative estimate of drug-likeness (QED) is 0.591. The molecule has 10 heteroatoms. The maximum Gasteiger partial charge on any atom is 0.256 e. The van der Waals surface area contributed by atoms with Gasteiger partial charge in [0.25, 0.3) is 5.91 Å². The van der Waals surface area contributed by atoms with Crippen LogP contribution in [0.4, 0.5) is 5.13 Å². The number of nitrogens with zero attached hydrogens (tertiary/aromatic N) is 4. The molecule has 0 unspecified atom stereocenters. The van der Waals surface area contributed by atoms with Gasteiger partial charge in [-0.3, -0.25) is 9.78 Å². The van der Waals surface area contributed by atoms with E-state index in [1.807, 2.05) is 13.8 Å². The minimum Gasteiger partial charge on any atom is -0.372 e. The highest BCUT2D eigenvalue weighted by Gasteiger charge is 2.30. The van der Waals surface area contributed by atoms with E-state index in [9.17, 15) is 4.79 Å². The van der Waals surface area contributed by atoms with Gasteiger partial charge in [-0.05, 0) is 52.3 Å². The molecule has 1 amide bonds. The fourth-order valence-corrected chi connectivity index (χ4v) is 4.83. The van der Waals surface area contributed by atoms with Crippen LogP contribution in [0.25, 0.3) is 10.4 Å². The fourth-order valence-electron chi connectivity index (χ4n) is 3.73. The SMILES string of the molecule is Cc1cc(-c2sc(N3CCOC(C)(C)C3)nc2CNC(=O)c2conc2C)cc(C)n1.Cl. The van der Waals surface area contributed by atoms with Crippen LogP contribution in [-0.4, -0.2) is 46.3 Å². The van der Waals surface area contributed by atoms with Gasteiger partial charge < -0.3 is 19.5 Å². The van der Waals surface area contributed by atoms with E-state index in [0.717, 1.165) is 45.7 Å². The van der Waals surface area contributed by atoms with Crippen LogP contribution in [0, 0.1) is 20.8 Å². The third-order valence-corrected chi connectivity index (χ3v) is 6.34. The van der Waals surface area contributed by atoms with Crippen molar-refractivity contribution in [2.75, 3.05) is 24.6 Å². The zero-order valence-corrected chi connectivity index (χ0v) is 20.5. The number of halogens is 1. The van der Waals surface area contributed by atoms with Gasteiger partial charge in [-0.25, -0.2) is 4.98 Å². The summed E-state index contributed by atoms with van der Waals surface area (Å²) >= 11 is 1.64. The van der Waals surface area contributed by atoms with Gasteiger partial charge in [-0.1, -0.05) is 16.5 Å². The van der Waals surface area contributed by atoms with Crippen molar-refractivity contribution < 1.29 is 14.1 Å². The molecule has 1 fully saturated rings.